The van der Waals surface area contributed by atoms with Crippen LogP contribution in [0.15, 0.2) is 28.7 Å². The predicted molar refractivity (Wildman–Crippen MR) is 133 cm³/mol. The molecule has 5 rings (SSSR count). The second-order valence-electron chi connectivity index (χ2n) is 10.3. The molecule has 0 bridgehead atoms. The van der Waals surface area contributed by atoms with E-state index in [0.29, 0.717) is 36.2 Å². The second kappa shape index (κ2) is 10.5. The first kappa shape index (κ1) is 25.3. The van der Waals surface area contributed by atoms with Crippen LogP contribution < -0.4 is 15.4 Å². The summed E-state index contributed by atoms with van der Waals surface area (Å²) in [5.41, 5.74) is 0.517. The van der Waals surface area contributed by atoms with Crippen LogP contribution in [0, 0.1) is 17.8 Å². The molecule has 0 radical (unpaired) electrons. The topological polar surface area (TPSA) is 138 Å². The van der Waals surface area contributed by atoms with Gasteiger partial charge in [0.2, 0.25) is 11.8 Å². The van der Waals surface area contributed by atoms with Crippen molar-refractivity contribution >= 4 is 34.5 Å². The molecule has 10 nitrogen and oxygen atoms in total. The first-order valence-electron chi connectivity index (χ1n) is 13.0. The maximum absolute atomic E-state index is 13.7. The number of amides is 3. The number of benzene rings is 1. The van der Waals surface area contributed by atoms with E-state index in [1.54, 1.807) is 36.3 Å². The number of carbonyl (C=O) groups is 4. The number of fused-ring (bicyclic) bond motifs is 2. The summed E-state index contributed by atoms with van der Waals surface area (Å²) in [6.45, 7) is 0.216. The third-order valence-corrected chi connectivity index (χ3v) is 8.17. The number of aliphatic hydroxyl groups excluding tert-OH is 1. The molecule has 37 heavy (non-hydrogen) atoms. The van der Waals surface area contributed by atoms with Crippen LogP contribution in [0.1, 0.15) is 49.1 Å². The molecule has 3 amide bonds. The average Bonchev–Trinajstić information content (AvgIpc) is 3.63. The Morgan fingerprint density at radius 2 is 2.05 bits per heavy atom. The van der Waals surface area contributed by atoms with E-state index in [0.717, 1.165) is 25.7 Å². The molecule has 3 aliphatic rings. The summed E-state index contributed by atoms with van der Waals surface area (Å²) in [6.07, 6.45) is 4.43. The lowest BCUT2D eigenvalue weighted by atomic mass is 9.78. The quantitative estimate of drug-likeness (QED) is 0.490. The van der Waals surface area contributed by atoms with Gasteiger partial charge in [0.25, 0.3) is 5.91 Å². The third kappa shape index (κ3) is 4.82. The standard InChI is InChI=1S/C27H33N3O7/c1-36-21-7-4-8-22-18(21)12-23(37-22)27(35)30-13-16-5-2-3-6-17(16)24(30)26(34)29-19(20(32)14-31)11-15-9-10-28-25(15)33/h4,7-8,12,15-17,19,24,31H,2-3,5-6,9-11,13-14H2,1H3,(H,28,33)(H,29,34)/t15-,16-,17-,19-,24-/m0/s1. The van der Waals surface area contributed by atoms with E-state index in [1.807, 2.05) is 0 Å². The largest absolute Gasteiger partial charge is 0.496 e. The Balaban J connectivity index is 1.41. The number of nitrogens with one attached hydrogen (secondary N) is 2. The number of likely N-dealkylation sites (tertiary alicyclic amines) is 1. The van der Waals surface area contributed by atoms with Gasteiger partial charge in [0.1, 0.15) is 24.0 Å². The number of nitrogens with zero attached hydrogens (tertiary/aromatic N) is 1. The number of hydrogen-bond acceptors (Lipinski definition) is 7. The summed E-state index contributed by atoms with van der Waals surface area (Å²) >= 11 is 0. The highest BCUT2D eigenvalue weighted by Gasteiger charge is 2.49. The molecule has 3 N–H and O–H groups in total. The van der Waals surface area contributed by atoms with Gasteiger partial charge in [-0.15, -0.1) is 0 Å². The van der Waals surface area contributed by atoms with Crippen molar-refractivity contribution in [2.45, 2.75) is 50.6 Å². The van der Waals surface area contributed by atoms with Gasteiger partial charge < -0.3 is 29.8 Å². The molecule has 3 heterocycles. The smallest absolute Gasteiger partial charge is 0.290 e. The third-order valence-electron chi connectivity index (χ3n) is 8.17. The summed E-state index contributed by atoms with van der Waals surface area (Å²) < 4.78 is 11.3. The Kier molecular flexibility index (Phi) is 7.19. The number of methoxy groups -OCH3 is 1. The number of hydrogen-bond donors (Lipinski definition) is 3. The number of ether oxygens (including phenoxy) is 1. The Bertz CT molecular complexity index is 1210. The van der Waals surface area contributed by atoms with Crippen LogP contribution in [-0.4, -0.2) is 72.4 Å². The van der Waals surface area contributed by atoms with Gasteiger partial charge in [-0.2, -0.15) is 0 Å². The SMILES string of the molecule is COc1cccc2oc(C(=O)N3C[C@@H]4CCCC[C@@H]4[C@H]3C(=O)N[C@@H](C[C@@H]3CCNC3=O)C(=O)CO)cc12. The van der Waals surface area contributed by atoms with Gasteiger partial charge >= 0.3 is 0 Å². The normalized spacial score (nSPS) is 26.0. The van der Waals surface area contributed by atoms with Crippen LogP contribution in [0.5, 0.6) is 5.75 Å². The molecule has 0 unspecified atom stereocenters. The van der Waals surface area contributed by atoms with Crippen molar-refractivity contribution < 1.29 is 33.4 Å². The molecule has 1 saturated carbocycles. The maximum atomic E-state index is 13.7. The molecule has 2 saturated heterocycles. The minimum absolute atomic E-state index is 0.0312. The second-order valence-corrected chi connectivity index (χ2v) is 10.3. The molecular weight excluding hydrogens is 478 g/mol. The Hall–Kier alpha value is -3.40. The zero-order valence-electron chi connectivity index (χ0n) is 20.9. The van der Waals surface area contributed by atoms with E-state index >= 15 is 0 Å². The maximum Gasteiger partial charge on any atom is 0.290 e. The molecule has 1 aromatic carbocycles. The molecule has 1 aliphatic carbocycles. The zero-order chi connectivity index (χ0) is 26.1. The summed E-state index contributed by atoms with van der Waals surface area (Å²) in [6, 6.07) is 5.20. The van der Waals surface area contributed by atoms with Crippen LogP contribution in [0.2, 0.25) is 0 Å². The molecule has 1 aromatic heterocycles. The van der Waals surface area contributed by atoms with E-state index in [2.05, 4.69) is 10.6 Å². The van der Waals surface area contributed by atoms with Crippen molar-refractivity contribution in [3.05, 3.63) is 30.0 Å². The van der Waals surface area contributed by atoms with Gasteiger partial charge in [0.05, 0.1) is 18.5 Å². The number of rotatable bonds is 8. The monoisotopic (exact) mass is 511 g/mol. The molecule has 3 fully saturated rings. The van der Waals surface area contributed by atoms with Gasteiger partial charge in [-0.3, -0.25) is 19.2 Å². The highest BCUT2D eigenvalue weighted by Crippen LogP contribution is 2.42. The Morgan fingerprint density at radius 3 is 2.78 bits per heavy atom. The van der Waals surface area contributed by atoms with Crippen LogP contribution in [0.3, 0.4) is 0 Å². The first-order valence-corrected chi connectivity index (χ1v) is 13.0. The van der Waals surface area contributed by atoms with Crippen molar-refractivity contribution in [1.82, 2.24) is 15.5 Å². The highest BCUT2D eigenvalue weighted by molar-refractivity contribution is 6.01. The first-order chi connectivity index (χ1) is 17.9. The van der Waals surface area contributed by atoms with E-state index in [9.17, 15) is 24.3 Å². The summed E-state index contributed by atoms with van der Waals surface area (Å²) in [5, 5.41) is 15.7. The molecule has 198 valence electrons. The summed E-state index contributed by atoms with van der Waals surface area (Å²) in [5.74, 6) is -1.06. The van der Waals surface area contributed by atoms with E-state index in [-0.39, 0.29) is 35.8 Å². The summed E-state index contributed by atoms with van der Waals surface area (Å²) in [4.78, 5) is 53.6. The van der Waals surface area contributed by atoms with Gasteiger partial charge in [-0.1, -0.05) is 18.9 Å². The molecule has 2 aliphatic heterocycles. The fourth-order valence-corrected chi connectivity index (χ4v) is 6.27. The molecule has 0 spiro atoms. The lowest BCUT2D eigenvalue weighted by molar-refractivity contribution is -0.133. The van der Waals surface area contributed by atoms with Crippen LogP contribution in [0.4, 0.5) is 0 Å². The molecular formula is C27H33N3O7. The van der Waals surface area contributed by atoms with Crippen molar-refractivity contribution in [3.63, 3.8) is 0 Å². The van der Waals surface area contributed by atoms with Gasteiger partial charge in [0, 0.05) is 25.1 Å². The van der Waals surface area contributed by atoms with Crippen LogP contribution >= 0.6 is 0 Å². The van der Waals surface area contributed by atoms with Crippen molar-refractivity contribution in [2.24, 2.45) is 17.8 Å². The van der Waals surface area contributed by atoms with E-state index in [1.165, 1.54) is 0 Å². The van der Waals surface area contributed by atoms with E-state index in [4.69, 9.17) is 9.15 Å². The predicted octanol–water partition coefficient (Wildman–Crippen LogP) is 1.64. The summed E-state index contributed by atoms with van der Waals surface area (Å²) in [7, 11) is 1.55. The lowest BCUT2D eigenvalue weighted by Gasteiger charge is -2.31. The highest BCUT2D eigenvalue weighted by atomic mass is 16.5. The van der Waals surface area contributed by atoms with Gasteiger partial charge in [0.15, 0.2) is 11.5 Å². The minimum Gasteiger partial charge on any atom is -0.496 e. The number of carbonyl (C=O) groups excluding carboxylic acids is 4. The number of aliphatic hydroxyl groups is 1. The lowest BCUT2D eigenvalue weighted by Crippen LogP contribution is -2.53. The minimum atomic E-state index is -0.999. The molecule has 10 heteroatoms. The van der Waals surface area contributed by atoms with Crippen LogP contribution in [-0.2, 0) is 14.4 Å². The number of Topliss-reactive ketones (excluding diaryl/α,β-unsaturated/α-hetero) is 1. The van der Waals surface area contributed by atoms with Crippen LogP contribution in [0.25, 0.3) is 11.0 Å². The Labute approximate surface area is 214 Å². The average molecular weight is 512 g/mol. The Morgan fingerprint density at radius 1 is 1.24 bits per heavy atom. The van der Waals surface area contributed by atoms with Crippen molar-refractivity contribution in [1.29, 1.82) is 0 Å². The van der Waals surface area contributed by atoms with Crippen molar-refractivity contribution in [2.75, 3.05) is 26.8 Å². The molecule has 2 aromatic rings. The zero-order valence-corrected chi connectivity index (χ0v) is 20.9. The van der Waals surface area contributed by atoms with E-state index < -0.39 is 36.3 Å². The fourth-order valence-electron chi connectivity index (χ4n) is 6.27. The number of ketones is 1. The van der Waals surface area contributed by atoms with Crippen molar-refractivity contribution in [3.8, 4) is 5.75 Å². The fraction of sp³-hybridized carbons (Fsp3) is 0.556. The van der Waals surface area contributed by atoms with Gasteiger partial charge in [-0.05, 0) is 49.7 Å². The number of furan rings is 1. The molecule has 5 atom stereocenters. The van der Waals surface area contributed by atoms with Gasteiger partial charge in [-0.25, -0.2) is 0 Å².